The molecule has 1 heterocycles. The Balaban J connectivity index is 1.52. The van der Waals surface area contributed by atoms with Crippen molar-refractivity contribution in [3.05, 3.63) is 55.7 Å². The van der Waals surface area contributed by atoms with Crippen LogP contribution in [0.4, 0.5) is 0 Å². The monoisotopic (exact) mass is 405 g/mol. The topological polar surface area (TPSA) is 37.4 Å². The van der Waals surface area contributed by atoms with E-state index in [0.717, 1.165) is 27.8 Å². The lowest BCUT2D eigenvalue weighted by Gasteiger charge is -2.16. The summed E-state index contributed by atoms with van der Waals surface area (Å²) in [6.45, 7) is 0.585. The van der Waals surface area contributed by atoms with E-state index in [4.69, 9.17) is 0 Å². The summed E-state index contributed by atoms with van der Waals surface area (Å²) in [4.78, 5) is 27.4. The van der Waals surface area contributed by atoms with Gasteiger partial charge in [0.25, 0.3) is 0 Å². The van der Waals surface area contributed by atoms with Crippen molar-refractivity contribution in [2.24, 2.45) is 0 Å². The molecule has 1 aliphatic carbocycles. The number of hydrogen-bond donors (Lipinski definition) is 0. The number of amides is 1. The average molecular weight is 406 g/mol. The van der Waals surface area contributed by atoms with Crippen LogP contribution in [0.5, 0.6) is 0 Å². The first-order chi connectivity index (χ1) is 11.5. The molecule has 0 saturated heterocycles. The summed E-state index contributed by atoms with van der Waals surface area (Å²) < 4.78 is 1.04. The number of aryl methyl sites for hydroxylation is 2. The molecule has 1 aliphatic rings. The maximum Gasteiger partial charge on any atom is 0.223 e. The van der Waals surface area contributed by atoms with Gasteiger partial charge in [0.2, 0.25) is 5.91 Å². The number of rotatable bonds is 6. The van der Waals surface area contributed by atoms with Gasteiger partial charge in [-0.15, -0.1) is 11.3 Å². The van der Waals surface area contributed by atoms with Crippen molar-refractivity contribution < 1.29 is 9.59 Å². The number of nitrogens with zero attached hydrogens (tertiary/aromatic N) is 1. The van der Waals surface area contributed by atoms with Crippen LogP contribution in [0.2, 0.25) is 0 Å². The van der Waals surface area contributed by atoms with Crippen LogP contribution in [0.25, 0.3) is 0 Å². The Kier molecular flexibility index (Phi) is 5.51. The van der Waals surface area contributed by atoms with Gasteiger partial charge in [-0.2, -0.15) is 0 Å². The fourth-order valence-corrected chi connectivity index (χ4v) is 4.56. The van der Waals surface area contributed by atoms with Gasteiger partial charge < -0.3 is 4.90 Å². The molecule has 0 spiro atoms. The normalized spacial score (nSPS) is 12.9. The molecular formula is C19H20BrNO2S. The molecule has 0 bridgehead atoms. The lowest BCUT2D eigenvalue weighted by Crippen LogP contribution is -2.26. The number of halogens is 1. The minimum atomic E-state index is 0.00836. The number of hydrogen-bond acceptors (Lipinski definition) is 3. The van der Waals surface area contributed by atoms with Gasteiger partial charge in [0.05, 0.1) is 6.54 Å². The van der Waals surface area contributed by atoms with Crippen molar-refractivity contribution in [3.8, 4) is 0 Å². The van der Waals surface area contributed by atoms with E-state index in [1.807, 2.05) is 23.6 Å². The third-order valence-electron chi connectivity index (χ3n) is 4.43. The Morgan fingerprint density at radius 3 is 2.71 bits per heavy atom. The SMILES string of the molecule is CN(Cc1cc(Br)cs1)C(=O)CCC(=O)c1ccc2c(c1)CCC2. The largest absolute Gasteiger partial charge is 0.341 e. The quantitative estimate of drug-likeness (QED) is 0.657. The summed E-state index contributed by atoms with van der Waals surface area (Å²) in [5.74, 6) is 0.0688. The third-order valence-corrected chi connectivity index (χ3v) is 6.11. The van der Waals surface area contributed by atoms with Gasteiger partial charge in [-0.3, -0.25) is 9.59 Å². The molecule has 0 atom stereocenters. The van der Waals surface area contributed by atoms with Gasteiger partial charge in [-0.05, 0) is 58.5 Å². The maximum atomic E-state index is 12.4. The lowest BCUT2D eigenvalue weighted by atomic mass is 10.0. The van der Waals surface area contributed by atoms with Crippen LogP contribution >= 0.6 is 27.3 Å². The zero-order chi connectivity index (χ0) is 17.1. The Labute approximate surface area is 154 Å². The number of benzene rings is 1. The molecule has 0 saturated carbocycles. The van der Waals surface area contributed by atoms with Crippen molar-refractivity contribution in [1.82, 2.24) is 4.90 Å². The Hall–Kier alpha value is -1.46. The first-order valence-corrected chi connectivity index (χ1v) is 9.82. The van der Waals surface area contributed by atoms with Crippen molar-refractivity contribution in [2.45, 2.75) is 38.6 Å². The smallest absolute Gasteiger partial charge is 0.223 e. The fourth-order valence-electron chi connectivity index (χ4n) is 3.06. The van der Waals surface area contributed by atoms with Gasteiger partial charge in [0, 0.05) is 40.2 Å². The fraction of sp³-hybridized carbons (Fsp3) is 0.368. The van der Waals surface area contributed by atoms with Gasteiger partial charge in [-0.1, -0.05) is 12.1 Å². The molecule has 0 N–H and O–H groups in total. The predicted molar refractivity (Wildman–Crippen MR) is 101 cm³/mol. The molecule has 126 valence electrons. The molecule has 0 fully saturated rings. The number of carbonyl (C=O) groups excluding carboxylic acids is 2. The van der Waals surface area contributed by atoms with E-state index in [9.17, 15) is 9.59 Å². The van der Waals surface area contributed by atoms with E-state index in [1.165, 1.54) is 17.5 Å². The molecule has 2 aromatic rings. The van der Waals surface area contributed by atoms with Crippen LogP contribution in [0, 0.1) is 0 Å². The second-order valence-corrected chi connectivity index (χ2v) is 8.15. The highest BCUT2D eigenvalue weighted by Gasteiger charge is 2.16. The van der Waals surface area contributed by atoms with E-state index in [-0.39, 0.29) is 24.5 Å². The van der Waals surface area contributed by atoms with Crippen molar-refractivity contribution in [3.63, 3.8) is 0 Å². The molecule has 1 aromatic heterocycles. The number of carbonyl (C=O) groups is 2. The molecule has 0 radical (unpaired) electrons. The van der Waals surface area contributed by atoms with E-state index < -0.39 is 0 Å². The molecule has 1 aromatic carbocycles. The maximum absolute atomic E-state index is 12.4. The van der Waals surface area contributed by atoms with E-state index >= 15 is 0 Å². The lowest BCUT2D eigenvalue weighted by molar-refractivity contribution is -0.130. The highest BCUT2D eigenvalue weighted by atomic mass is 79.9. The Morgan fingerprint density at radius 2 is 1.96 bits per heavy atom. The van der Waals surface area contributed by atoms with Crippen LogP contribution in [-0.4, -0.2) is 23.6 Å². The molecule has 0 unspecified atom stereocenters. The van der Waals surface area contributed by atoms with E-state index in [0.29, 0.717) is 6.54 Å². The second-order valence-electron chi connectivity index (χ2n) is 6.24. The summed E-state index contributed by atoms with van der Waals surface area (Å²) in [5.41, 5.74) is 3.41. The van der Waals surface area contributed by atoms with E-state index in [1.54, 1.807) is 23.3 Å². The number of ketones is 1. The van der Waals surface area contributed by atoms with Crippen LogP contribution < -0.4 is 0 Å². The highest BCUT2D eigenvalue weighted by molar-refractivity contribution is 9.10. The molecular weight excluding hydrogens is 386 g/mol. The number of fused-ring (bicyclic) bond motifs is 1. The molecule has 0 aliphatic heterocycles. The first kappa shape index (κ1) is 17.4. The predicted octanol–water partition coefficient (Wildman–Crippen LogP) is 4.62. The summed E-state index contributed by atoms with van der Waals surface area (Å²) >= 11 is 5.04. The van der Waals surface area contributed by atoms with Crippen LogP contribution in [-0.2, 0) is 24.2 Å². The van der Waals surface area contributed by atoms with Crippen molar-refractivity contribution in [2.75, 3.05) is 7.05 Å². The van der Waals surface area contributed by atoms with Gasteiger partial charge in [0.1, 0.15) is 0 Å². The van der Waals surface area contributed by atoms with Gasteiger partial charge in [0.15, 0.2) is 5.78 Å². The van der Waals surface area contributed by atoms with Crippen LogP contribution in [0.3, 0.4) is 0 Å². The van der Waals surface area contributed by atoms with Crippen molar-refractivity contribution >= 4 is 39.0 Å². The molecule has 3 nitrogen and oxygen atoms in total. The number of thiophene rings is 1. The minimum absolute atomic E-state index is 0.00836. The summed E-state index contributed by atoms with van der Waals surface area (Å²) in [7, 11) is 1.79. The summed E-state index contributed by atoms with van der Waals surface area (Å²) in [5, 5.41) is 2.00. The molecule has 24 heavy (non-hydrogen) atoms. The molecule has 5 heteroatoms. The minimum Gasteiger partial charge on any atom is -0.341 e. The Morgan fingerprint density at radius 1 is 1.17 bits per heavy atom. The zero-order valence-electron chi connectivity index (χ0n) is 13.7. The molecule has 3 rings (SSSR count). The van der Waals surface area contributed by atoms with Crippen molar-refractivity contribution in [1.29, 1.82) is 0 Å². The highest BCUT2D eigenvalue weighted by Crippen LogP contribution is 2.24. The standard InChI is InChI=1S/C19H20BrNO2S/c1-21(11-17-10-16(20)12-24-17)19(23)8-7-18(22)15-6-5-13-3-2-4-14(13)9-15/h5-6,9-10,12H,2-4,7-8,11H2,1H3. The third kappa shape index (κ3) is 4.14. The second kappa shape index (κ2) is 7.62. The van der Waals surface area contributed by atoms with Crippen LogP contribution in [0.15, 0.2) is 34.1 Å². The van der Waals surface area contributed by atoms with Gasteiger partial charge >= 0.3 is 0 Å². The average Bonchev–Trinajstić information content (AvgIpc) is 3.20. The number of Topliss-reactive ketones (excluding diaryl/α,β-unsaturated/α-hetero) is 1. The summed E-state index contributed by atoms with van der Waals surface area (Å²) in [6.07, 6.45) is 3.89. The first-order valence-electron chi connectivity index (χ1n) is 8.15. The molecule has 1 amide bonds. The zero-order valence-corrected chi connectivity index (χ0v) is 16.1. The van der Waals surface area contributed by atoms with Gasteiger partial charge in [-0.25, -0.2) is 0 Å². The summed E-state index contributed by atoms with van der Waals surface area (Å²) in [6, 6.07) is 8.01. The van der Waals surface area contributed by atoms with E-state index in [2.05, 4.69) is 22.0 Å². The van der Waals surface area contributed by atoms with Crippen LogP contribution in [0.1, 0.15) is 45.6 Å². The Bertz CT molecular complexity index is 768.